The first-order valence-electron chi connectivity index (χ1n) is 10.3. The van der Waals surface area contributed by atoms with Crippen LogP contribution in [0.3, 0.4) is 0 Å². The summed E-state index contributed by atoms with van der Waals surface area (Å²) in [6.45, 7) is 5.35. The molecule has 0 aliphatic carbocycles. The first-order chi connectivity index (χ1) is 14.5. The molecule has 0 bridgehead atoms. The molecule has 2 aliphatic rings. The van der Waals surface area contributed by atoms with Crippen LogP contribution in [0.25, 0.3) is 0 Å². The van der Waals surface area contributed by atoms with Crippen LogP contribution in [0.1, 0.15) is 31.6 Å². The Hall–Kier alpha value is -2.78. The van der Waals surface area contributed by atoms with E-state index < -0.39 is 18.0 Å². The van der Waals surface area contributed by atoms with Crippen LogP contribution in [0, 0.1) is 18.8 Å². The molecule has 2 aliphatic heterocycles. The molecular formula is C22H28N2O7. The molecule has 9 heteroatoms. The number of hydrogen-bond acceptors (Lipinski definition) is 7. The van der Waals surface area contributed by atoms with Crippen LogP contribution < -0.4 is 5.43 Å². The Morgan fingerprint density at radius 3 is 2.58 bits per heavy atom. The van der Waals surface area contributed by atoms with Crippen molar-refractivity contribution in [2.75, 3.05) is 20.1 Å². The Morgan fingerprint density at radius 1 is 1.32 bits per heavy atom. The molecule has 3 rings (SSSR count). The topological polar surface area (TPSA) is 128 Å². The zero-order chi connectivity index (χ0) is 23.0. The maximum Gasteiger partial charge on any atom is 0.352 e. The molecular weight excluding hydrogens is 404 g/mol. The number of hydrogen-bond donors (Lipinski definition) is 2. The molecule has 31 heavy (non-hydrogen) atoms. The molecule has 1 amide bonds. The van der Waals surface area contributed by atoms with Crippen LogP contribution in [-0.4, -0.2) is 70.0 Å². The van der Waals surface area contributed by atoms with Crippen LogP contribution in [0.5, 0.6) is 0 Å². The van der Waals surface area contributed by atoms with Gasteiger partial charge in [-0.2, -0.15) is 0 Å². The first-order valence-corrected chi connectivity index (χ1v) is 10.3. The fourth-order valence-corrected chi connectivity index (χ4v) is 4.49. The van der Waals surface area contributed by atoms with E-state index in [2.05, 4.69) is 0 Å². The summed E-state index contributed by atoms with van der Waals surface area (Å²) < 4.78 is 5.33. The Bertz CT molecular complexity index is 994. The van der Waals surface area contributed by atoms with E-state index in [0.717, 1.165) is 0 Å². The second kappa shape index (κ2) is 8.76. The van der Waals surface area contributed by atoms with Gasteiger partial charge in [0.05, 0.1) is 30.9 Å². The van der Waals surface area contributed by atoms with Crippen molar-refractivity contribution in [2.45, 2.75) is 45.8 Å². The number of likely N-dealkylation sites (N-methyl/N-ethyl adjacent to an activating group) is 1. The highest BCUT2D eigenvalue weighted by atomic mass is 16.4. The minimum absolute atomic E-state index is 0.0415. The van der Waals surface area contributed by atoms with E-state index in [1.807, 2.05) is 6.92 Å². The zero-order valence-electron chi connectivity index (χ0n) is 18.1. The molecule has 0 aromatic carbocycles. The Morgan fingerprint density at radius 2 is 2.00 bits per heavy atom. The normalized spacial score (nSPS) is 23.7. The number of carbonyl (C=O) groups is 3. The number of Topliss-reactive ketones (excluding diaryl/α,β-unsaturated/α-hetero) is 1. The average Bonchev–Trinajstić information content (AvgIpc) is 2.91. The molecule has 2 N–H and O–H groups in total. The van der Waals surface area contributed by atoms with Gasteiger partial charge in [0.25, 0.3) is 0 Å². The molecule has 9 nitrogen and oxygen atoms in total. The van der Waals surface area contributed by atoms with Gasteiger partial charge >= 0.3 is 5.97 Å². The number of fused-ring (bicyclic) bond motifs is 1. The predicted octanol–water partition coefficient (Wildman–Crippen LogP) is 0.578. The standard InChI is InChI=1S/C22H28N2O7/c1-11-10-31-15(7-17(11)27)6-5-14(26)8-23(4)9-16-12(2)19-18(13(3)25)21(28)24(19)20(16)22(29)30/h7,10,12-13,18-19,25H,5-6,8-9H2,1-4H3,(H,29,30)/t12-,13+,18+,19+/m0/s1. The lowest BCUT2D eigenvalue weighted by Crippen LogP contribution is -2.63. The molecule has 1 aromatic rings. The number of carbonyl (C=O) groups excluding carboxylic acids is 2. The summed E-state index contributed by atoms with van der Waals surface area (Å²) in [6, 6.07) is 1.01. The van der Waals surface area contributed by atoms with Gasteiger partial charge in [0.15, 0.2) is 5.43 Å². The molecule has 1 fully saturated rings. The lowest BCUT2D eigenvalue weighted by molar-refractivity contribution is -0.163. The van der Waals surface area contributed by atoms with Crippen molar-refractivity contribution in [3.8, 4) is 0 Å². The molecule has 3 heterocycles. The fraction of sp³-hybridized carbons (Fsp3) is 0.545. The van der Waals surface area contributed by atoms with Crippen molar-refractivity contribution in [1.82, 2.24) is 9.80 Å². The van der Waals surface area contributed by atoms with Crippen molar-refractivity contribution >= 4 is 17.7 Å². The molecule has 0 saturated carbocycles. The molecule has 0 spiro atoms. The van der Waals surface area contributed by atoms with E-state index in [0.29, 0.717) is 23.3 Å². The summed E-state index contributed by atoms with van der Waals surface area (Å²) in [5.74, 6) is -2.04. The van der Waals surface area contributed by atoms with Crippen molar-refractivity contribution in [1.29, 1.82) is 0 Å². The van der Waals surface area contributed by atoms with Crippen LogP contribution in [0.15, 0.2) is 32.8 Å². The number of carboxylic acid groups (broad SMARTS) is 1. The monoisotopic (exact) mass is 432 g/mol. The average molecular weight is 432 g/mol. The predicted molar refractivity (Wildman–Crippen MR) is 110 cm³/mol. The van der Waals surface area contributed by atoms with E-state index in [1.165, 1.54) is 24.2 Å². The minimum Gasteiger partial charge on any atom is -0.477 e. The van der Waals surface area contributed by atoms with Gasteiger partial charge in [0, 0.05) is 36.9 Å². The summed E-state index contributed by atoms with van der Waals surface area (Å²) in [4.78, 5) is 51.3. The van der Waals surface area contributed by atoms with Gasteiger partial charge in [-0.15, -0.1) is 0 Å². The molecule has 0 radical (unpaired) electrons. The first kappa shape index (κ1) is 22.9. The quantitative estimate of drug-likeness (QED) is 0.542. The zero-order valence-corrected chi connectivity index (χ0v) is 18.1. The van der Waals surface area contributed by atoms with Crippen molar-refractivity contribution in [3.05, 3.63) is 45.1 Å². The molecule has 168 valence electrons. The Kier molecular flexibility index (Phi) is 6.47. The van der Waals surface area contributed by atoms with Gasteiger partial charge < -0.3 is 19.5 Å². The third-order valence-corrected chi connectivity index (χ3v) is 6.12. The maximum absolute atomic E-state index is 12.4. The lowest BCUT2D eigenvalue weighted by Gasteiger charge is -2.46. The third kappa shape index (κ3) is 4.33. The van der Waals surface area contributed by atoms with Crippen molar-refractivity contribution in [3.63, 3.8) is 0 Å². The van der Waals surface area contributed by atoms with Crippen molar-refractivity contribution in [2.24, 2.45) is 11.8 Å². The number of rotatable bonds is 9. The van der Waals surface area contributed by atoms with Gasteiger partial charge in [-0.1, -0.05) is 6.92 Å². The Labute approximate surface area is 179 Å². The van der Waals surface area contributed by atoms with Gasteiger partial charge in [-0.3, -0.25) is 19.3 Å². The highest BCUT2D eigenvalue weighted by Gasteiger charge is 2.59. The maximum atomic E-state index is 12.4. The highest BCUT2D eigenvalue weighted by molar-refractivity contribution is 6.00. The number of aliphatic carboxylic acids is 1. The summed E-state index contributed by atoms with van der Waals surface area (Å²) in [6.07, 6.45) is 1.02. The SMILES string of the molecule is Cc1coc(CCC(=O)CN(C)CC2=C(C(=O)O)N3C(=O)[C@H]([C@@H](C)O)[C@H]3[C@H]2C)cc1=O. The van der Waals surface area contributed by atoms with E-state index >= 15 is 0 Å². The summed E-state index contributed by atoms with van der Waals surface area (Å²) >= 11 is 0. The molecule has 1 aromatic heterocycles. The summed E-state index contributed by atoms with van der Waals surface area (Å²) in [5, 5.41) is 19.6. The van der Waals surface area contributed by atoms with Crippen LogP contribution >= 0.6 is 0 Å². The number of nitrogens with zero attached hydrogens (tertiary/aromatic N) is 2. The number of carboxylic acids is 1. The number of ketones is 1. The van der Waals surface area contributed by atoms with Gasteiger partial charge in [0.1, 0.15) is 17.2 Å². The number of aliphatic hydroxyl groups excluding tert-OH is 1. The minimum atomic E-state index is -1.18. The number of aliphatic hydroxyl groups is 1. The van der Waals surface area contributed by atoms with Crippen LogP contribution in [0.2, 0.25) is 0 Å². The van der Waals surface area contributed by atoms with Gasteiger partial charge in [0.2, 0.25) is 5.91 Å². The van der Waals surface area contributed by atoms with Gasteiger partial charge in [-0.05, 0) is 26.5 Å². The number of aryl methyl sites for hydroxylation is 2. The fourth-order valence-electron chi connectivity index (χ4n) is 4.49. The smallest absolute Gasteiger partial charge is 0.352 e. The second-order valence-corrected chi connectivity index (χ2v) is 8.54. The second-order valence-electron chi connectivity index (χ2n) is 8.54. The third-order valence-electron chi connectivity index (χ3n) is 6.12. The van der Waals surface area contributed by atoms with E-state index in [-0.39, 0.29) is 54.3 Å². The lowest BCUT2D eigenvalue weighted by atomic mass is 9.77. The number of amides is 1. The number of β-lactam (4-membered cyclic amide) rings is 1. The van der Waals surface area contributed by atoms with Crippen molar-refractivity contribution < 1.29 is 29.0 Å². The Balaban J connectivity index is 1.63. The summed E-state index contributed by atoms with van der Waals surface area (Å²) in [5.41, 5.74) is 0.904. The molecule has 4 atom stereocenters. The van der Waals surface area contributed by atoms with E-state index in [1.54, 1.807) is 18.9 Å². The van der Waals surface area contributed by atoms with Crippen LogP contribution in [0.4, 0.5) is 0 Å². The molecule has 0 unspecified atom stereocenters. The van der Waals surface area contributed by atoms with Crippen LogP contribution in [-0.2, 0) is 20.8 Å². The van der Waals surface area contributed by atoms with E-state index in [4.69, 9.17) is 4.42 Å². The van der Waals surface area contributed by atoms with E-state index in [9.17, 15) is 29.4 Å². The highest BCUT2D eigenvalue weighted by Crippen LogP contribution is 2.47. The molecule has 1 saturated heterocycles. The largest absolute Gasteiger partial charge is 0.477 e. The van der Waals surface area contributed by atoms with Gasteiger partial charge in [-0.25, -0.2) is 4.79 Å². The summed E-state index contributed by atoms with van der Waals surface area (Å²) in [7, 11) is 1.71.